The summed E-state index contributed by atoms with van der Waals surface area (Å²) in [6, 6.07) is 18.3. The maximum Gasteiger partial charge on any atom is 0.336 e. The van der Waals surface area contributed by atoms with Gasteiger partial charge < -0.3 is 14.5 Å². The maximum atomic E-state index is 12.0. The van der Waals surface area contributed by atoms with Gasteiger partial charge in [-0.2, -0.15) is 0 Å². The third-order valence-electron chi connectivity index (χ3n) is 4.09. The molecular weight excluding hydrogens is 330 g/mol. The van der Waals surface area contributed by atoms with E-state index in [9.17, 15) is 9.59 Å². The number of nitrogens with one attached hydrogen (secondary N) is 1. The Morgan fingerprint density at radius 2 is 1.88 bits per heavy atom. The summed E-state index contributed by atoms with van der Waals surface area (Å²) >= 11 is 0. The minimum absolute atomic E-state index is 0.00513. The highest BCUT2D eigenvalue weighted by atomic mass is 16.5. The van der Waals surface area contributed by atoms with E-state index >= 15 is 0 Å². The number of rotatable bonds is 7. The normalized spacial score (nSPS) is 11.9. The summed E-state index contributed by atoms with van der Waals surface area (Å²) in [4.78, 5) is 23.3. The molecule has 0 aliphatic carbocycles. The van der Waals surface area contributed by atoms with Crippen LogP contribution in [-0.2, 0) is 4.79 Å². The molecule has 0 aliphatic rings. The SMILES string of the molecule is C[C@H](NC(=O)CCCOc1ccc2ccc(=O)oc2c1)c1ccccc1. The van der Waals surface area contributed by atoms with Gasteiger partial charge in [-0.05, 0) is 37.1 Å². The first-order valence-corrected chi connectivity index (χ1v) is 8.63. The summed E-state index contributed by atoms with van der Waals surface area (Å²) in [7, 11) is 0. The van der Waals surface area contributed by atoms with Gasteiger partial charge >= 0.3 is 5.63 Å². The summed E-state index contributed by atoms with van der Waals surface area (Å²) in [5.41, 5.74) is 1.18. The second kappa shape index (κ2) is 8.34. The molecule has 5 heteroatoms. The number of amides is 1. The van der Waals surface area contributed by atoms with Crippen LogP contribution in [-0.4, -0.2) is 12.5 Å². The molecule has 2 aromatic carbocycles. The van der Waals surface area contributed by atoms with Gasteiger partial charge in [-0.1, -0.05) is 30.3 Å². The second-order valence-electron chi connectivity index (χ2n) is 6.11. The first-order valence-electron chi connectivity index (χ1n) is 8.63. The van der Waals surface area contributed by atoms with E-state index in [0.717, 1.165) is 10.9 Å². The van der Waals surface area contributed by atoms with Crippen LogP contribution in [0.15, 0.2) is 69.9 Å². The van der Waals surface area contributed by atoms with Crippen molar-refractivity contribution in [2.75, 3.05) is 6.61 Å². The minimum Gasteiger partial charge on any atom is -0.493 e. The van der Waals surface area contributed by atoms with Gasteiger partial charge in [0, 0.05) is 23.9 Å². The summed E-state index contributed by atoms with van der Waals surface area (Å²) in [5, 5.41) is 3.82. The van der Waals surface area contributed by atoms with Crippen molar-refractivity contribution in [2.24, 2.45) is 0 Å². The molecule has 1 heterocycles. The molecule has 0 bridgehead atoms. The molecule has 1 amide bonds. The Labute approximate surface area is 151 Å². The largest absolute Gasteiger partial charge is 0.493 e. The predicted molar refractivity (Wildman–Crippen MR) is 100 cm³/mol. The quantitative estimate of drug-likeness (QED) is 0.519. The van der Waals surface area contributed by atoms with E-state index in [2.05, 4.69) is 5.32 Å². The Balaban J connectivity index is 1.45. The van der Waals surface area contributed by atoms with E-state index in [1.807, 2.05) is 49.4 Å². The van der Waals surface area contributed by atoms with Crippen LogP contribution in [0.1, 0.15) is 31.4 Å². The first-order chi connectivity index (χ1) is 12.6. The van der Waals surface area contributed by atoms with Crippen LogP contribution in [0.3, 0.4) is 0 Å². The lowest BCUT2D eigenvalue weighted by Gasteiger charge is -2.14. The Bertz CT molecular complexity index is 933. The Hall–Kier alpha value is -3.08. The average Bonchev–Trinajstić information content (AvgIpc) is 2.65. The van der Waals surface area contributed by atoms with Crippen molar-refractivity contribution in [3.8, 4) is 5.75 Å². The molecule has 0 unspecified atom stereocenters. The molecule has 134 valence electrons. The van der Waals surface area contributed by atoms with E-state index in [0.29, 0.717) is 30.8 Å². The van der Waals surface area contributed by atoms with Gasteiger partial charge in [-0.3, -0.25) is 4.79 Å². The zero-order valence-corrected chi connectivity index (χ0v) is 14.6. The van der Waals surface area contributed by atoms with Crippen LogP contribution in [0.25, 0.3) is 11.0 Å². The van der Waals surface area contributed by atoms with Crippen LogP contribution in [0.5, 0.6) is 5.75 Å². The lowest BCUT2D eigenvalue weighted by Crippen LogP contribution is -2.26. The van der Waals surface area contributed by atoms with Crippen molar-refractivity contribution in [3.63, 3.8) is 0 Å². The number of ether oxygens (including phenoxy) is 1. The summed E-state index contributed by atoms with van der Waals surface area (Å²) < 4.78 is 10.8. The molecule has 0 saturated heterocycles. The third-order valence-corrected chi connectivity index (χ3v) is 4.09. The Morgan fingerprint density at radius 3 is 2.69 bits per heavy atom. The fourth-order valence-corrected chi connectivity index (χ4v) is 2.69. The molecule has 1 N–H and O–H groups in total. The highest BCUT2D eigenvalue weighted by molar-refractivity contribution is 5.78. The third kappa shape index (κ3) is 4.72. The number of hydrogen-bond acceptors (Lipinski definition) is 4. The lowest BCUT2D eigenvalue weighted by atomic mass is 10.1. The van der Waals surface area contributed by atoms with Crippen LogP contribution in [0.4, 0.5) is 0 Å². The number of hydrogen-bond donors (Lipinski definition) is 1. The molecule has 3 rings (SSSR count). The number of fused-ring (bicyclic) bond motifs is 1. The van der Waals surface area contributed by atoms with Crippen molar-refractivity contribution in [1.82, 2.24) is 5.32 Å². The van der Waals surface area contributed by atoms with Crippen molar-refractivity contribution < 1.29 is 13.9 Å². The van der Waals surface area contributed by atoms with Crippen LogP contribution >= 0.6 is 0 Å². The smallest absolute Gasteiger partial charge is 0.336 e. The van der Waals surface area contributed by atoms with Gasteiger partial charge in [0.05, 0.1) is 12.6 Å². The van der Waals surface area contributed by atoms with Gasteiger partial charge in [0.1, 0.15) is 11.3 Å². The van der Waals surface area contributed by atoms with E-state index in [-0.39, 0.29) is 17.6 Å². The van der Waals surface area contributed by atoms with Gasteiger partial charge in [-0.15, -0.1) is 0 Å². The fourth-order valence-electron chi connectivity index (χ4n) is 2.69. The molecule has 1 aromatic heterocycles. The Morgan fingerprint density at radius 1 is 1.12 bits per heavy atom. The van der Waals surface area contributed by atoms with E-state index < -0.39 is 0 Å². The van der Waals surface area contributed by atoms with E-state index in [1.165, 1.54) is 6.07 Å². The van der Waals surface area contributed by atoms with Crippen molar-refractivity contribution in [2.45, 2.75) is 25.8 Å². The topological polar surface area (TPSA) is 68.5 Å². The van der Waals surface area contributed by atoms with Gasteiger partial charge in [0.15, 0.2) is 0 Å². The van der Waals surface area contributed by atoms with Crippen LogP contribution in [0.2, 0.25) is 0 Å². The van der Waals surface area contributed by atoms with Crippen molar-refractivity contribution in [3.05, 3.63) is 76.6 Å². The maximum absolute atomic E-state index is 12.0. The molecule has 5 nitrogen and oxygen atoms in total. The summed E-state index contributed by atoms with van der Waals surface area (Å²) in [6.45, 7) is 2.38. The molecule has 3 aromatic rings. The number of benzene rings is 2. The van der Waals surface area contributed by atoms with Gasteiger partial charge in [-0.25, -0.2) is 4.79 Å². The monoisotopic (exact) mass is 351 g/mol. The van der Waals surface area contributed by atoms with E-state index in [1.54, 1.807) is 12.1 Å². The minimum atomic E-state index is -0.390. The average molecular weight is 351 g/mol. The highest BCUT2D eigenvalue weighted by Crippen LogP contribution is 2.19. The Kier molecular flexibility index (Phi) is 5.69. The van der Waals surface area contributed by atoms with Gasteiger partial charge in [0.25, 0.3) is 0 Å². The van der Waals surface area contributed by atoms with Crippen molar-refractivity contribution >= 4 is 16.9 Å². The zero-order chi connectivity index (χ0) is 18.4. The second-order valence-corrected chi connectivity index (χ2v) is 6.11. The molecule has 0 saturated carbocycles. The van der Waals surface area contributed by atoms with Crippen LogP contribution < -0.4 is 15.7 Å². The fraction of sp³-hybridized carbons (Fsp3) is 0.238. The zero-order valence-electron chi connectivity index (χ0n) is 14.6. The predicted octanol–water partition coefficient (Wildman–Crippen LogP) is 3.83. The lowest BCUT2D eigenvalue weighted by molar-refractivity contribution is -0.121. The molecule has 26 heavy (non-hydrogen) atoms. The first kappa shape index (κ1) is 17.7. The summed E-state index contributed by atoms with van der Waals surface area (Å²) in [5.74, 6) is 0.611. The van der Waals surface area contributed by atoms with Crippen LogP contribution in [0, 0.1) is 0 Å². The molecular formula is C21H21NO4. The highest BCUT2D eigenvalue weighted by Gasteiger charge is 2.09. The van der Waals surface area contributed by atoms with Gasteiger partial charge in [0.2, 0.25) is 5.91 Å². The van der Waals surface area contributed by atoms with Crippen molar-refractivity contribution in [1.29, 1.82) is 0 Å². The number of carbonyl (C=O) groups is 1. The molecule has 0 aliphatic heterocycles. The molecule has 0 fully saturated rings. The van der Waals surface area contributed by atoms with E-state index in [4.69, 9.17) is 9.15 Å². The standard InChI is InChI=1S/C21H21NO4/c1-15(16-6-3-2-4-7-16)22-20(23)8-5-13-25-18-11-9-17-10-12-21(24)26-19(17)14-18/h2-4,6-7,9-12,14-15H,5,8,13H2,1H3,(H,22,23)/t15-/m0/s1. The molecule has 0 spiro atoms. The number of carbonyl (C=O) groups excluding carboxylic acids is 1. The molecule has 0 radical (unpaired) electrons. The summed E-state index contributed by atoms with van der Waals surface area (Å²) in [6.07, 6.45) is 0.990. The molecule has 1 atom stereocenters.